The third-order valence-corrected chi connectivity index (χ3v) is 8.12. The van der Waals surface area contributed by atoms with Crippen molar-refractivity contribution in [3.05, 3.63) is 66.0 Å². The number of aromatic nitrogens is 5. The van der Waals surface area contributed by atoms with Crippen molar-refractivity contribution in [2.75, 3.05) is 38.1 Å². The van der Waals surface area contributed by atoms with Crippen molar-refractivity contribution < 1.29 is 9.53 Å². The number of hydrogen-bond acceptors (Lipinski definition) is 8. The average Bonchev–Trinajstić information content (AvgIpc) is 3.33. The topological polar surface area (TPSA) is 103 Å². The number of pyridine rings is 1. The minimum atomic E-state index is -0.476. The van der Waals surface area contributed by atoms with E-state index >= 15 is 0 Å². The molecule has 10 heteroatoms. The molecule has 42 heavy (non-hydrogen) atoms. The lowest BCUT2D eigenvalue weighted by Crippen LogP contribution is -2.49. The van der Waals surface area contributed by atoms with Crippen LogP contribution >= 0.6 is 0 Å². The summed E-state index contributed by atoms with van der Waals surface area (Å²) >= 11 is 0. The van der Waals surface area contributed by atoms with Crippen LogP contribution in [0.3, 0.4) is 0 Å². The van der Waals surface area contributed by atoms with E-state index in [1.54, 1.807) is 11.2 Å². The lowest BCUT2D eigenvalue weighted by molar-refractivity contribution is 0.0139. The molecule has 0 atom stereocenters. The van der Waals surface area contributed by atoms with Crippen molar-refractivity contribution in [3.8, 4) is 11.3 Å². The van der Waals surface area contributed by atoms with Gasteiger partial charge < -0.3 is 19.5 Å². The van der Waals surface area contributed by atoms with E-state index in [-0.39, 0.29) is 6.09 Å². The number of ether oxygens (including phenoxy) is 1. The van der Waals surface area contributed by atoms with Crippen LogP contribution < -0.4 is 4.90 Å². The number of amides is 1. The van der Waals surface area contributed by atoms with Crippen molar-refractivity contribution >= 4 is 22.9 Å². The predicted molar refractivity (Wildman–Crippen MR) is 163 cm³/mol. The molecule has 2 fully saturated rings. The number of nitrogens with one attached hydrogen (secondary N) is 1. The minimum Gasteiger partial charge on any atom is -0.444 e. The zero-order chi connectivity index (χ0) is 29.3. The normalized spacial score (nSPS) is 16.4. The second-order valence-electron chi connectivity index (χ2n) is 12.4. The maximum Gasteiger partial charge on any atom is 0.410 e. The molecule has 0 unspecified atom stereocenters. The number of piperazine rings is 1. The average molecular weight is 569 g/mol. The van der Waals surface area contributed by atoms with Crippen molar-refractivity contribution in [2.24, 2.45) is 0 Å². The Hall–Kier alpha value is -4.05. The number of imidazole rings is 1. The molecular weight excluding hydrogens is 528 g/mol. The molecule has 2 aliphatic rings. The largest absolute Gasteiger partial charge is 0.444 e. The third kappa shape index (κ3) is 6.54. The van der Waals surface area contributed by atoms with Gasteiger partial charge in [0, 0.05) is 75.8 Å². The molecule has 1 aromatic carbocycles. The highest BCUT2D eigenvalue weighted by Crippen LogP contribution is 2.29. The van der Waals surface area contributed by atoms with Gasteiger partial charge in [0.2, 0.25) is 0 Å². The van der Waals surface area contributed by atoms with Gasteiger partial charge >= 0.3 is 6.09 Å². The molecule has 6 rings (SSSR count). The van der Waals surface area contributed by atoms with E-state index in [4.69, 9.17) is 9.72 Å². The van der Waals surface area contributed by atoms with Gasteiger partial charge in [0.25, 0.3) is 0 Å². The number of aromatic amines is 1. The molecule has 1 aliphatic heterocycles. The minimum absolute atomic E-state index is 0.232. The zero-order valence-corrected chi connectivity index (χ0v) is 25.0. The Labute approximate surface area is 247 Å². The molecule has 1 saturated carbocycles. The first kappa shape index (κ1) is 28.1. The zero-order valence-electron chi connectivity index (χ0n) is 25.0. The second-order valence-corrected chi connectivity index (χ2v) is 12.4. The first-order chi connectivity index (χ1) is 20.2. The van der Waals surface area contributed by atoms with Gasteiger partial charge in [-0.2, -0.15) is 0 Å². The Bertz CT molecular complexity index is 1550. The molecule has 1 amide bonds. The number of hydrogen-bond donors (Lipinski definition) is 1. The number of benzene rings is 1. The third-order valence-electron chi connectivity index (χ3n) is 8.12. The summed E-state index contributed by atoms with van der Waals surface area (Å²) in [6, 6.07) is 13.1. The van der Waals surface area contributed by atoms with Crippen LogP contribution in [-0.2, 0) is 17.7 Å². The molecule has 3 aromatic heterocycles. The molecular formula is C32H40N8O2. The molecule has 4 aromatic rings. The maximum atomic E-state index is 12.4. The van der Waals surface area contributed by atoms with E-state index in [0.717, 1.165) is 59.3 Å². The summed E-state index contributed by atoms with van der Waals surface area (Å²) in [7, 11) is 2.12. The van der Waals surface area contributed by atoms with Gasteiger partial charge in [0.15, 0.2) is 0 Å². The SMILES string of the molecule is CN(c1cc(-c2ccc3nc(Cc4cc(CN5CCN(C(=O)OC(C)(C)C)CC5)ccn4)[nH]c3c2)ncn1)C1CCC1. The molecule has 0 radical (unpaired) electrons. The molecule has 10 nitrogen and oxygen atoms in total. The lowest BCUT2D eigenvalue weighted by atomic mass is 9.92. The van der Waals surface area contributed by atoms with Crippen LogP contribution in [0.4, 0.5) is 10.6 Å². The number of H-pyrrole nitrogens is 1. The van der Waals surface area contributed by atoms with Crippen LogP contribution in [0.25, 0.3) is 22.3 Å². The first-order valence-corrected chi connectivity index (χ1v) is 14.9. The number of anilines is 1. The van der Waals surface area contributed by atoms with Gasteiger partial charge in [0.05, 0.1) is 16.7 Å². The number of nitrogens with zero attached hydrogens (tertiary/aromatic N) is 7. The lowest BCUT2D eigenvalue weighted by Gasteiger charge is -2.35. The van der Waals surface area contributed by atoms with E-state index in [0.29, 0.717) is 25.6 Å². The Morgan fingerprint density at radius 3 is 2.60 bits per heavy atom. The summed E-state index contributed by atoms with van der Waals surface area (Å²) in [5.74, 6) is 1.84. The number of carbonyl (C=O) groups is 1. The molecule has 220 valence electrons. The second kappa shape index (κ2) is 11.7. The molecule has 1 N–H and O–H groups in total. The van der Waals surface area contributed by atoms with Gasteiger partial charge in [-0.25, -0.2) is 19.7 Å². The fourth-order valence-electron chi connectivity index (χ4n) is 5.53. The number of fused-ring (bicyclic) bond motifs is 1. The van der Waals surface area contributed by atoms with E-state index in [1.165, 1.54) is 24.8 Å². The van der Waals surface area contributed by atoms with Crippen molar-refractivity contribution in [3.63, 3.8) is 0 Å². The molecule has 0 bridgehead atoms. The van der Waals surface area contributed by atoms with Gasteiger partial charge in [-0.1, -0.05) is 6.07 Å². The summed E-state index contributed by atoms with van der Waals surface area (Å²) < 4.78 is 5.52. The van der Waals surface area contributed by atoms with Crippen LogP contribution in [-0.4, -0.2) is 85.7 Å². The van der Waals surface area contributed by atoms with E-state index < -0.39 is 5.60 Å². The first-order valence-electron chi connectivity index (χ1n) is 14.9. The van der Waals surface area contributed by atoms with Crippen LogP contribution in [0.2, 0.25) is 0 Å². The summed E-state index contributed by atoms with van der Waals surface area (Å²) in [6.45, 7) is 9.47. The Balaban J connectivity index is 1.09. The molecule has 0 spiro atoms. The van der Waals surface area contributed by atoms with Crippen LogP contribution in [0.15, 0.2) is 48.9 Å². The Morgan fingerprint density at radius 1 is 1.05 bits per heavy atom. The molecule has 1 saturated heterocycles. The Kier molecular flexibility index (Phi) is 7.81. The summed E-state index contributed by atoms with van der Waals surface area (Å²) in [5.41, 5.74) is 5.55. The highest BCUT2D eigenvalue weighted by Gasteiger charge is 2.26. The highest BCUT2D eigenvalue weighted by molar-refractivity contribution is 5.81. The number of rotatable bonds is 7. The van der Waals surface area contributed by atoms with Gasteiger partial charge in [-0.05, 0) is 69.9 Å². The van der Waals surface area contributed by atoms with Crippen LogP contribution in [0.1, 0.15) is 57.1 Å². The Morgan fingerprint density at radius 2 is 1.86 bits per heavy atom. The fourth-order valence-corrected chi connectivity index (χ4v) is 5.53. The smallest absolute Gasteiger partial charge is 0.410 e. The quantitative estimate of drug-likeness (QED) is 0.331. The van der Waals surface area contributed by atoms with Gasteiger partial charge in [-0.15, -0.1) is 0 Å². The predicted octanol–water partition coefficient (Wildman–Crippen LogP) is 5.05. The number of carbonyl (C=O) groups excluding carboxylic acids is 1. The monoisotopic (exact) mass is 568 g/mol. The van der Waals surface area contributed by atoms with Crippen molar-refractivity contribution in [2.45, 2.75) is 64.6 Å². The summed E-state index contributed by atoms with van der Waals surface area (Å²) in [5, 5.41) is 0. The standard InChI is InChI=1S/C32H40N8O2/c1-32(2,3)42-31(41)40-14-12-39(13-15-40)20-22-10-11-33-24(16-22)18-29-36-26-9-8-23(17-28(26)37-29)27-19-30(35-21-34-27)38(4)25-6-5-7-25/h8-11,16-17,19,21,25H,5-7,12-15,18,20H2,1-4H3,(H,36,37). The van der Waals surface area contributed by atoms with Gasteiger partial charge in [-0.3, -0.25) is 9.88 Å². The highest BCUT2D eigenvalue weighted by atomic mass is 16.6. The van der Waals surface area contributed by atoms with E-state index in [1.807, 2.05) is 33.0 Å². The van der Waals surface area contributed by atoms with E-state index in [9.17, 15) is 4.79 Å². The molecule has 4 heterocycles. The summed E-state index contributed by atoms with van der Waals surface area (Å²) in [6.07, 6.45) is 7.66. The summed E-state index contributed by atoms with van der Waals surface area (Å²) in [4.78, 5) is 40.8. The van der Waals surface area contributed by atoms with Crippen LogP contribution in [0.5, 0.6) is 0 Å². The molecule has 1 aliphatic carbocycles. The van der Waals surface area contributed by atoms with Crippen molar-refractivity contribution in [1.82, 2.24) is 34.7 Å². The fraction of sp³-hybridized carbons (Fsp3) is 0.469. The van der Waals surface area contributed by atoms with Crippen LogP contribution in [0, 0.1) is 0 Å². The van der Waals surface area contributed by atoms with E-state index in [2.05, 4.69) is 67.1 Å². The maximum absolute atomic E-state index is 12.4. The van der Waals surface area contributed by atoms with Crippen molar-refractivity contribution in [1.29, 1.82) is 0 Å². The van der Waals surface area contributed by atoms with Gasteiger partial charge in [0.1, 0.15) is 23.6 Å².